The van der Waals surface area contributed by atoms with Crippen LogP contribution in [0.2, 0.25) is 0 Å². The molecule has 0 spiro atoms. The number of hydrogen-bond donors (Lipinski definition) is 2. The molecule has 0 aliphatic rings. The summed E-state index contributed by atoms with van der Waals surface area (Å²) in [5.41, 5.74) is 0.604. The van der Waals surface area contributed by atoms with Crippen molar-refractivity contribution in [3.8, 4) is 12.3 Å². The van der Waals surface area contributed by atoms with Crippen LogP contribution in [0.4, 0.5) is 0 Å². The molecule has 0 fully saturated rings. The first-order chi connectivity index (χ1) is 7.75. The van der Waals surface area contributed by atoms with Gasteiger partial charge in [-0.1, -0.05) is 18.1 Å². The van der Waals surface area contributed by atoms with Crippen molar-refractivity contribution in [2.24, 2.45) is 0 Å². The zero-order valence-electron chi connectivity index (χ0n) is 8.77. The Balaban J connectivity index is 2.36. The van der Waals surface area contributed by atoms with Gasteiger partial charge in [0.15, 0.2) is 0 Å². The van der Waals surface area contributed by atoms with Gasteiger partial charge in [-0.15, -0.1) is 30.8 Å². The maximum absolute atomic E-state index is 11.7. The Labute approximate surface area is 106 Å². The summed E-state index contributed by atoms with van der Waals surface area (Å²) >= 11 is 5.85. The van der Waals surface area contributed by atoms with E-state index in [1.807, 2.05) is 12.1 Å². The van der Waals surface area contributed by atoms with Crippen LogP contribution < -0.4 is 5.32 Å². The van der Waals surface area contributed by atoms with E-state index < -0.39 is 0 Å². The van der Waals surface area contributed by atoms with Crippen molar-refractivity contribution in [1.29, 1.82) is 0 Å². The van der Waals surface area contributed by atoms with E-state index in [4.69, 9.17) is 6.42 Å². The van der Waals surface area contributed by atoms with Gasteiger partial charge in [-0.25, -0.2) is 0 Å². The number of hydrogen-bond acceptors (Lipinski definition) is 3. The Morgan fingerprint density at radius 2 is 2.25 bits per heavy atom. The number of amides is 1. The standard InChI is InChI=1S/C12H13NOS2/c1-2-8-16-9-7-13-12(14)10-5-3-4-6-11(10)15/h1,3-6,15H,7-9H2,(H,13,14). The van der Waals surface area contributed by atoms with Gasteiger partial charge in [0.05, 0.1) is 11.3 Å². The van der Waals surface area contributed by atoms with E-state index in [0.717, 1.165) is 5.75 Å². The van der Waals surface area contributed by atoms with E-state index in [2.05, 4.69) is 23.9 Å². The van der Waals surface area contributed by atoms with Gasteiger partial charge in [-0.2, -0.15) is 0 Å². The first kappa shape index (κ1) is 13.0. The Bertz CT molecular complexity index is 398. The molecule has 1 aromatic rings. The maximum Gasteiger partial charge on any atom is 0.252 e. The van der Waals surface area contributed by atoms with Gasteiger partial charge in [0.2, 0.25) is 0 Å². The van der Waals surface area contributed by atoms with Crippen LogP contribution in [0.1, 0.15) is 10.4 Å². The molecule has 0 aromatic heterocycles. The quantitative estimate of drug-likeness (QED) is 0.476. The Kier molecular flexibility index (Phi) is 5.91. The van der Waals surface area contributed by atoms with Crippen LogP contribution >= 0.6 is 24.4 Å². The minimum Gasteiger partial charge on any atom is -0.351 e. The summed E-state index contributed by atoms with van der Waals surface area (Å²) in [6.45, 7) is 0.618. The number of carbonyl (C=O) groups is 1. The highest BCUT2D eigenvalue weighted by Gasteiger charge is 2.06. The van der Waals surface area contributed by atoms with Crippen molar-refractivity contribution in [2.45, 2.75) is 4.90 Å². The van der Waals surface area contributed by atoms with E-state index in [-0.39, 0.29) is 5.91 Å². The smallest absolute Gasteiger partial charge is 0.252 e. The lowest BCUT2D eigenvalue weighted by molar-refractivity contribution is 0.0953. The molecule has 0 heterocycles. The van der Waals surface area contributed by atoms with Crippen molar-refractivity contribution >= 4 is 30.3 Å². The van der Waals surface area contributed by atoms with Gasteiger partial charge in [-0.3, -0.25) is 4.79 Å². The normalized spacial score (nSPS) is 9.50. The van der Waals surface area contributed by atoms with Gasteiger partial charge in [0, 0.05) is 17.2 Å². The number of benzene rings is 1. The zero-order chi connectivity index (χ0) is 11.8. The Morgan fingerprint density at radius 1 is 1.50 bits per heavy atom. The van der Waals surface area contributed by atoms with E-state index in [9.17, 15) is 4.79 Å². The van der Waals surface area contributed by atoms with E-state index >= 15 is 0 Å². The van der Waals surface area contributed by atoms with Crippen LogP contribution in [0.3, 0.4) is 0 Å². The lowest BCUT2D eigenvalue weighted by Crippen LogP contribution is -2.26. The summed E-state index contributed by atoms with van der Waals surface area (Å²) < 4.78 is 0. The lowest BCUT2D eigenvalue weighted by atomic mass is 10.2. The van der Waals surface area contributed by atoms with Crippen molar-refractivity contribution in [1.82, 2.24) is 5.32 Å². The first-order valence-corrected chi connectivity index (χ1v) is 6.43. The highest BCUT2D eigenvalue weighted by molar-refractivity contribution is 7.99. The average molecular weight is 251 g/mol. The molecule has 84 valence electrons. The van der Waals surface area contributed by atoms with Crippen LogP contribution in [-0.4, -0.2) is 24.0 Å². The highest BCUT2D eigenvalue weighted by Crippen LogP contribution is 2.12. The molecule has 1 rings (SSSR count). The van der Waals surface area contributed by atoms with Crippen molar-refractivity contribution in [2.75, 3.05) is 18.1 Å². The third kappa shape index (κ3) is 4.21. The molecular formula is C12H13NOS2. The maximum atomic E-state index is 11.7. The number of nitrogens with one attached hydrogen (secondary N) is 1. The predicted molar refractivity (Wildman–Crippen MR) is 72.2 cm³/mol. The predicted octanol–water partition coefficient (Wildman–Crippen LogP) is 2.07. The molecule has 0 unspecified atom stereocenters. The number of thiol groups is 1. The van der Waals surface area contributed by atoms with Crippen molar-refractivity contribution in [3.63, 3.8) is 0 Å². The fourth-order valence-corrected chi connectivity index (χ4v) is 1.90. The van der Waals surface area contributed by atoms with Gasteiger partial charge in [-0.05, 0) is 12.1 Å². The van der Waals surface area contributed by atoms with E-state index in [1.165, 1.54) is 0 Å². The molecule has 0 aliphatic carbocycles. The Hall–Kier alpha value is -1.05. The topological polar surface area (TPSA) is 29.1 Å². The minimum absolute atomic E-state index is 0.0908. The SMILES string of the molecule is C#CCSCCNC(=O)c1ccccc1S. The molecule has 4 heteroatoms. The largest absolute Gasteiger partial charge is 0.351 e. The highest BCUT2D eigenvalue weighted by atomic mass is 32.2. The van der Waals surface area contributed by atoms with Crippen molar-refractivity contribution < 1.29 is 4.79 Å². The summed E-state index contributed by atoms with van der Waals surface area (Å²) in [5.74, 6) is 3.95. The summed E-state index contributed by atoms with van der Waals surface area (Å²) in [5, 5.41) is 2.82. The summed E-state index contributed by atoms with van der Waals surface area (Å²) in [7, 11) is 0. The molecule has 2 nitrogen and oxygen atoms in total. The van der Waals surface area contributed by atoms with E-state index in [0.29, 0.717) is 22.8 Å². The molecule has 1 aromatic carbocycles. The lowest BCUT2D eigenvalue weighted by Gasteiger charge is -2.06. The summed E-state index contributed by atoms with van der Waals surface area (Å²) in [6, 6.07) is 7.22. The van der Waals surface area contributed by atoms with Crippen LogP contribution in [0.15, 0.2) is 29.2 Å². The molecule has 0 bridgehead atoms. The van der Waals surface area contributed by atoms with E-state index in [1.54, 1.807) is 23.9 Å². The fourth-order valence-electron chi connectivity index (χ4n) is 1.13. The molecule has 0 aliphatic heterocycles. The fraction of sp³-hybridized carbons (Fsp3) is 0.250. The minimum atomic E-state index is -0.0908. The number of terminal acetylenes is 1. The summed E-state index contributed by atoms with van der Waals surface area (Å²) in [4.78, 5) is 12.4. The van der Waals surface area contributed by atoms with Crippen LogP contribution in [0, 0.1) is 12.3 Å². The number of rotatable bonds is 5. The molecule has 0 radical (unpaired) electrons. The van der Waals surface area contributed by atoms with Crippen LogP contribution in [0.25, 0.3) is 0 Å². The second-order valence-electron chi connectivity index (χ2n) is 3.03. The average Bonchev–Trinajstić information content (AvgIpc) is 2.29. The molecule has 16 heavy (non-hydrogen) atoms. The molecule has 1 N–H and O–H groups in total. The molecule has 0 atom stereocenters. The third-order valence-corrected chi connectivity index (χ3v) is 3.12. The van der Waals surface area contributed by atoms with Crippen LogP contribution in [0.5, 0.6) is 0 Å². The zero-order valence-corrected chi connectivity index (χ0v) is 10.5. The third-order valence-electron chi connectivity index (χ3n) is 1.87. The van der Waals surface area contributed by atoms with Gasteiger partial charge in [0.25, 0.3) is 5.91 Å². The molecule has 0 saturated heterocycles. The van der Waals surface area contributed by atoms with Crippen molar-refractivity contribution in [3.05, 3.63) is 29.8 Å². The Morgan fingerprint density at radius 3 is 2.94 bits per heavy atom. The number of carbonyl (C=O) groups excluding carboxylic acids is 1. The number of thioether (sulfide) groups is 1. The monoisotopic (exact) mass is 251 g/mol. The first-order valence-electron chi connectivity index (χ1n) is 4.83. The van der Waals surface area contributed by atoms with Gasteiger partial charge >= 0.3 is 0 Å². The van der Waals surface area contributed by atoms with Gasteiger partial charge in [0.1, 0.15) is 0 Å². The molecular weight excluding hydrogens is 238 g/mol. The second-order valence-corrected chi connectivity index (χ2v) is 4.62. The molecule has 0 saturated carbocycles. The molecule has 1 amide bonds. The van der Waals surface area contributed by atoms with Gasteiger partial charge < -0.3 is 5.32 Å². The summed E-state index contributed by atoms with van der Waals surface area (Å²) in [6.07, 6.45) is 5.11. The second kappa shape index (κ2) is 7.26. The van der Waals surface area contributed by atoms with Crippen LogP contribution in [-0.2, 0) is 0 Å².